The van der Waals surface area contributed by atoms with E-state index in [0.29, 0.717) is 116 Å². The van der Waals surface area contributed by atoms with Crippen LogP contribution in [0.2, 0.25) is 0 Å². The highest BCUT2D eigenvalue weighted by Gasteiger charge is 2.45. The van der Waals surface area contributed by atoms with E-state index in [1.54, 1.807) is 32.5 Å². The maximum atomic E-state index is 16.7. The lowest BCUT2D eigenvalue weighted by Crippen LogP contribution is -2.47. The van der Waals surface area contributed by atoms with E-state index >= 15 is 19.2 Å². The first-order valence-corrected chi connectivity index (χ1v) is 46.1. The van der Waals surface area contributed by atoms with Crippen LogP contribution in [-0.4, -0.2) is 91.2 Å². The molecule has 16 heteroatoms. The smallest absolute Gasteiger partial charge is 0.262 e. The van der Waals surface area contributed by atoms with Gasteiger partial charge in [-0.25, -0.2) is 0 Å². The number of thiophene rings is 4. The van der Waals surface area contributed by atoms with Crippen LogP contribution in [0.4, 0.5) is 0 Å². The lowest BCUT2D eigenvalue weighted by molar-refractivity contribution is 0.00738. The Labute approximate surface area is 691 Å². The Kier molecular flexibility index (Phi) is 19.5. The zero-order valence-electron chi connectivity index (χ0n) is 67.8. The van der Waals surface area contributed by atoms with E-state index in [1.807, 2.05) is 103 Å². The number of hydrogen-bond acceptors (Lipinski definition) is 12. The molecule has 0 saturated carbocycles. The van der Waals surface area contributed by atoms with Crippen LogP contribution in [0.1, 0.15) is 266 Å². The maximum Gasteiger partial charge on any atom is 0.262 e. The third kappa shape index (κ3) is 11.2. The summed E-state index contributed by atoms with van der Waals surface area (Å²) in [6, 6.07) is 41.3. The fraction of sp³-hybridized carbons (Fsp3) is 0.350. The Balaban J connectivity index is 0.942. The summed E-state index contributed by atoms with van der Waals surface area (Å²) in [5.41, 5.74) is 7.61. The zero-order chi connectivity index (χ0) is 80.3. The topological polar surface area (TPSA) is 153 Å². The first kappa shape index (κ1) is 76.2. The van der Waals surface area contributed by atoms with Crippen molar-refractivity contribution in [3.8, 4) is 41.8 Å². The number of imide groups is 3. The number of aliphatic hydroxyl groups excluding tert-OH is 1. The number of hydrogen-bond donors (Lipinski definition) is 1. The second-order valence-corrected chi connectivity index (χ2v) is 37.6. The van der Waals surface area contributed by atoms with Gasteiger partial charge in [0.2, 0.25) is 0 Å². The summed E-state index contributed by atoms with van der Waals surface area (Å²) in [6.07, 6.45) is 15.4. The molecule has 7 amide bonds. The number of unbranched alkanes of at least 4 members (excludes halogenated alkanes) is 2. The van der Waals surface area contributed by atoms with E-state index in [9.17, 15) is 19.5 Å². The summed E-state index contributed by atoms with van der Waals surface area (Å²) in [7, 11) is 0. The minimum atomic E-state index is -1.15. The lowest BCUT2D eigenvalue weighted by atomic mass is 9.80. The minimum absolute atomic E-state index is 0.229. The Morgan fingerprint density at radius 3 is 1.09 bits per heavy atom. The highest BCUT2D eigenvalue weighted by Crippen LogP contribution is 2.59. The molecule has 1 N–H and O–H groups in total. The molecule has 0 radical (unpaired) electrons. The first-order valence-electron chi connectivity index (χ1n) is 42.8. The van der Waals surface area contributed by atoms with Gasteiger partial charge in [0.1, 0.15) is 0 Å². The van der Waals surface area contributed by atoms with Crippen molar-refractivity contribution < 1.29 is 38.7 Å². The summed E-state index contributed by atoms with van der Waals surface area (Å²) in [5, 5.41) is 26.7. The van der Waals surface area contributed by atoms with Crippen molar-refractivity contribution in [3.63, 3.8) is 0 Å². The Hall–Kier alpha value is -9.81. The van der Waals surface area contributed by atoms with Gasteiger partial charge in [0, 0.05) is 152 Å². The summed E-state index contributed by atoms with van der Waals surface area (Å²) in [4.78, 5) is 121. The van der Waals surface area contributed by atoms with Crippen LogP contribution in [0.15, 0.2) is 121 Å². The van der Waals surface area contributed by atoms with E-state index in [-0.39, 0.29) is 60.0 Å². The number of carbonyl (C=O) groups excluding carboxylic acids is 7. The van der Waals surface area contributed by atoms with Gasteiger partial charge in [0.05, 0.1) is 11.1 Å². The van der Waals surface area contributed by atoms with Crippen LogP contribution < -0.4 is 0 Å². The average Bonchev–Trinajstić information content (AvgIpc) is 0.923. The molecule has 0 spiro atoms. The fourth-order valence-corrected chi connectivity index (χ4v) is 26.0. The zero-order valence-corrected chi connectivity index (χ0v) is 71.1. The molecule has 0 bridgehead atoms. The van der Waals surface area contributed by atoms with Gasteiger partial charge >= 0.3 is 0 Å². The lowest BCUT2D eigenvalue weighted by Gasteiger charge is -2.36. The summed E-state index contributed by atoms with van der Waals surface area (Å²) < 4.78 is 2.08. The molecule has 11 aromatic carbocycles. The molecular formula is C100H96N4O8S4. The third-order valence-corrected chi connectivity index (χ3v) is 31.2. The van der Waals surface area contributed by atoms with Gasteiger partial charge < -0.3 is 10.0 Å². The standard InChI is InChI=1S/C100H96N4O8S4/c1-11-21-27-51(17-7)45-55-29-43-75(113-55)85-73-49-77(71-47-69-61-35-39-65-83-63(93(105)101(19-9)95(65)107)37-31-57(79(61)83)59-33-41-67-87(81(59)69)89(71)99(111)103(97(67)109)53(23-13-3)24-14-4)116-92(73)86(76-44-30-56(114-76)46-52(18-8)28-22-12-2)74-50-78(115-91(74)85)72-48-70-62-36-40-66-84-64(94(106)102(20-10)96(66)108)38-32-58(80(62)84)60-34-42-68-88(82(60)70)90(72)100(112)104(98(68)110)54(25-15-5)26-16-6/h29-44,47-54,95,107H,11-28,45-46H2,1-10H3. The molecule has 3 unspecified atom stereocenters. The van der Waals surface area contributed by atoms with Crippen LogP contribution in [0.3, 0.4) is 0 Å². The van der Waals surface area contributed by atoms with Crippen molar-refractivity contribution in [2.24, 2.45) is 11.8 Å². The largest absolute Gasteiger partial charge is 0.369 e. The molecule has 19 rings (SSSR count). The minimum Gasteiger partial charge on any atom is -0.369 e. The van der Waals surface area contributed by atoms with E-state index in [0.717, 1.165) is 211 Å². The van der Waals surface area contributed by atoms with Crippen molar-refractivity contribution in [3.05, 3.63) is 176 Å². The molecule has 0 fully saturated rings. The fourth-order valence-electron chi connectivity index (χ4n) is 21.0. The van der Waals surface area contributed by atoms with Crippen LogP contribution >= 0.6 is 45.3 Å². The SMILES string of the molecule is CCCCC(CC)Cc1ccc(-c2c3cc(-c4cc5c6ccc7c8c(ccc(c9ccc%10c(c4C(=O)N(C(CCC)CCC)C%10=O)c95)c86)C(=O)N(CC)C7O)sc3c(-c3ccc(CC(CC)CCCC)s3)c3cc(-c4cc5c6ccc7c8c(ccc(c9ccc%10c(c4C(=O)N(C(CCC)CCC)C%10=O)c95)c86)C(=O)N(CC)C7=O)sc23)s1. The van der Waals surface area contributed by atoms with Crippen LogP contribution in [0, 0.1) is 11.8 Å². The van der Waals surface area contributed by atoms with E-state index in [1.165, 1.54) is 19.6 Å². The summed E-state index contributed by atoms with van der Waals surface area (Å²) >= 11 is 7.07. The number of amides is 7. The molecule has 4 aliphatic rings. The number of carbonyl (C=O) groups is 7. The van der Waals surface area contributed by atoms with Crippen molar-refractivity contribution >= 4 is 193 Å². The predicted octanol–water partition coefficient (Wildman–Crippen LogP) is 26.7. The number of aliphatic hydroxyl groups is 1. The maximum absolute atomic E-state index is 16.7. The second kappa shape index (κ2) is 29.7. The van der Waals surface area contributed by atoms with Crippen LogP contribution in [-0.2, 0) is 12.8 Å². The van der Waals surface area contributed by atoms with E-state index < -0.39 is 6.23 Å². The first-order chi connectivity index (χ1) is 56.5. The van der Waals surface area contributed by atoms with Gasteiger partial charge in [-0.05, 0) is 208 Å². The average molecular weight is 1610 g/mol. The van der Waals surface area contributed by atoms with Gasteiger partial charge in [-0.3, -0.25) is 48.3 Å². The number of nitrogens with zero attached hydrogens (tertiary/aromatic N) is 4. The molecular weight excluding hydrogens is 1510 g/mol. The van der Waals surface area contributed by atoms with Gasteiger partial charge in [-0.15, -0.1) is 45.3 Å². The van der Waals surface area contributed by atoms with E-state index in [4.69, 9.17) is 0 Å². The normalized spacial score (nSPS) is 15.8. The van der Waals surface area contributed by atoms with Crippen LogP contribution in [0.5, 0.6) is 0 Å². The molecule has 3 atom stereocenters. The molecule has 0 aliphatic carbocycles. The van der Waals surface area contributed by atoms with Crippen molar-refractivity contribution in [1.29, 1.82) is 0 Å². The molecule has 116 heavy (non-hydrogen) atoms. The Morgan fingerprint density at radius 1 is 0.319 bits per heavy atom. The molecule has 15 aromatic rings. The Bertz CT molecular complexity index is 6560. The molecule has 4 aromatic heterocycles. The summed E-state index contributed by atoms with van der Waals surface area (Å²) in [5.74, 6) is -1.12. The van der Waals surface area contributed by atoms with Gasteiger partial charge in [-0.2, -0.15) is 0 Å². The molecule has 588 valence electrons. The number of rotatable bonds is 28. The third-order valence-electron chi connectivity index (χ3n) is 26.6. The van der Waals surface area contributed by atoms with Gasteiger partial charge in [0.15, 0.2) is 6.23 Å². The number of fused-ring (bicyclic) bond motifs is 6. The predicted molar refractivity (Wildman–Crippen MR) is 482 cm³/mol. The molecule has 12 nitrogen and oxygen atoms in total. The van der Waals surface area contributed by atoms with Gasteiger partial charge in [-0.1, -0.05) is 175 Å². The highest BCUT2D eigenvalue weighted by molar-refractivity contribution is 7.26. The number of benzene rings is 11. The molecule has 8 heterocycles. The second-order valence-electron chi connectivity index (χ2n) is 33.2. The quantitative estimate of drug-likeness (QED) is 0.0289. The Morgan fingerprint density at radius 2 is 0.698 bits per heavy atom. The molecule has 0 saturated heterocycles. The van der Waals surface area contributed by atoms with Crippen LogP contribution in [0.25, 0.3) is 148 Å². The summed E-state index contributed by atoms with van der Waals surface area (Å²) in [6.45, 7) is 21.9. The monoisotopic (exact) mass is 1610 g/mol. The molecule has 4 aliphatic heterocycles. The highest BCUT2D eigenvalue weighted by atomic mass is 32.1. The van der Waals surface area contributed by atoms with Crippen molar-refractivity contribution in [2.45, 2.75) is 203 Å². The van der Waals surface area contributed by atoms with Crippen molar-refractivity contribution in [1.82, 2.24) is 19.6 Å². The van der Waals surface area contributed by atoms with Gasteiger partial charge in [0.25, 0.3) is 41.4 Å². The van der Waals surface area contributed by atoms with E-state index in [2.05, 4.69) is 110 Å². The van der Waals surface area contributed by atoms with Crippen molar-refractivity contribution in [2.75, 3.05) is 13.1 Å².